The molecule has 0 fully saturated rings. The van der Waals surface area contributed by atoms with Crippen LogP contribution in [0.4, 0.5) is 0 Å². The van der Waals surface area contributed by atoms with Crippen molar-refractivity contribution >= 4 is 35.0 Å². The Morgan fingerprint density at radius 2 is 1.77 bits per heavy atom. The Bertz CT molecular complexity index is 853. The Hall–Kier alpha value is -2.04. The van der Waals surface area contributed by atoms with Crippen molar-refractivity contribution in [1.29, 1.82) is 0 Å². The third-order valence-corrected chi connectivity index (χ3v) is 5.63. The third-order valence-electron chi connectivity index (χ3n) is 5.04. The highest BCUT2D eigenvalue weighted by Crippen LogP contribution is 2.24. The second-order valence-electron chi connectivity index (χ2n) is 7.46. The van der Waals surface area contributed by atoms with Gasteiger partial charge in [0.15, 0.2) is 0 Å². The highest BCUT2D eigenvalue weighted by molar-refractivity contribution is 6.35. The van der Waals surface area contributed by atoms with Crippen LogP contribution in [0.5, 0.6) is 0 Å². The molecule has 0 heterocycles. The summed E-state index contributed by atoms with van der Waals surface area (Å²) < 4.78 is 0. The van der Waals surface area contributed by atoms with Crippen LogP contribution in [0.2, 0.25) is 10.0 Å². The molecule has 2 aromatic carbocycles. The first-order valence-electron chi connectivity index (χ1n) is 10.4. The number of amides is 2. The van der Waals surface area contributed by atoms with Crippen LogP contribution in [0, 0.1) is 6.92 Å². The molecule has 0 aromatic heterocycles. The number of halogens is 2. The highest BCUT2D eigenvalue weighted by Gasteiger charge is 2.28. The maximum atomic E-state index is 13.2. The van der Waals surface area contributed by atoms with Crippen LogP contribution < -0.4 is 5.32 Å². The molecule has 1 atom stereocenters. The summed E-state index contributed by atoms with van der Waals surface area (Å²) in [6, 6.07) is 12.8. The molecule has 0 spiro atoms. The summed E-state index contributed by atoms with van der Waals surface area (Å²) in [5, 5.41) is 3.95. The number of nitrogens with zero attached hydrogens (tertiary/aromatic N) is 1. The average molecular weight is 449 g/mol. The molecule has 2 aromatic rings. The maximum absolute atomic E-state index is 13.2. The molecule has 30 heavy (non-hydrogen) atoms. The normalized spacial score (nSPS) is 11.8. The van der Waals surface area contributed by atoms with E-state index < -0.39 is 6.04 Å². The Labute approximate surface area is 189 Å². The maximum Gasteiger partial charge on any atom is 0.242 e. The first kappa shape index (κ1) is 24.2. The van der Waals surface area contributed by atoms with Crippen molar-refractivity contribution in [2.24, 2.45) is 0 Å². The molecule has 0 saturated heterocycles. The summed E-state index contributed by atoms with van der Waals surface area (Å²) in [4.78, 5) is 27.6. The first-order valence-corrected chi connectivity index (χ1v) is 11.2. The minimum atomic E-state index is -0.547. The van der Waals surface area contributed by atoms with Crippen molar-refractivity contribution in [3.8, 4) is 0 Å². The van der Waals surface area contributed by atoms with Crippen molar-refractivity contribution in [2.75, 3.05) is 6.54 Å². The van der Waals surface area contributed by atoms with Gasteiger partial charge in [0.05, 0.1) is 0 Å². The van der Waals surface area contributed by atoms with E-state index in [9.17, 15) is 9.59 Å². The lowest BCUT2D eigenvalue weighted by molar-refractivity contribution is -0.141. The minimum absolute atomic E-state index is 0.0694. The molecule has 0 aliphatic rings. The number of hydrogen-bond donors (Lipinski definition) is 1. The van der Waals surface area contributed by atoms with Crippen LogP contribution in [0.1, 0.15) is 49.8 Å². The summed E-state index contributed by atoms with van der Waals surface area (Å²) in [5.74, 6) is -0.201. The van der Waals surface area contributed by atoms with Crippen molar-refractivity contribution in [2.45, 2.75) is 59.0 Å². The number of carbonyl (C=O) groups excluding carboxylic acids is 2. The fourth-order valence-electron chi connectivity index (χ4n) is 3.27. The van der Waals surface area contributed by atoms with Crippen LogP contribution in [0.3, 0.4) is 0 Å². The highest BCUT2D eigenvalue weighted by atomic mass is 35.5. The van der Waals surface area contributed by atoms with E-state index in [0.29, 0.717) is 35.9 Å². The van der Waals surface area contributed by atoms with Gasteiger partial charge in [-0.2, -0.15) is 0 Å². The molecule has 0 radical (unpaired) electrons. The predicted molar refractivity (Wildman–Crippen MR) is 124 cm³/mol. The monoisotopic (exact) mass is 448 g/mol. The lowest BCUT2D eigenvalue weighted by Crippen LogP contribution is -2.49. The molecule has 2 amide bonds. The summed E-state index contributed by atoms with van der Waals surface area (Å²) in [6.45, 7) is 6.80. The van der Waals surface area contributed by atoms with Gasteiger partial charge in [0, 0.05) is 29.6 Å². The smallest absolute Gasteiger partial charge is 0.242 e. The molecule has 1 N–H and O–H groups in total. The molecule has 0 saturated carbocycles. The molecule has 0 unspecified atom stereocenters. The van der Waals surface area contributed by atoms with Gasteiger partial charge in [0.1, 0.15) is 6.04 Å². The SMILES string of the molecule is CCCNC(=O)[C@H](CC)N(Cc1ccc(Cl)cc1Cl)C(=O)CCc1ccc(C)cc1. The Balaban J connectivity index is 2.22. The van der Waals surface area contributed by atoms with Crippen molar-refractivity contribution in [3.05, 3.63) is 69.2 Å². The quantitative estimate of drug-likeness (QED) is 0.516. The van der Waals surface area contributed by atoms with Crippen LogP contribution in [-0.2, 0) is 22.6 Å². The zero-order valence-corrected chi connectivity index (χ0v) is 19.4. The number of nitrogens with one attached hydrogen (secondary N) is 1. The van der Waals surface area contributed by atoms with Crippen LogP contribution in [0.25, 0.3) is 0 Å². The summed E-state index contributed by atoms with van der Waals surface area (Å²) in [7, 11) is 0. The molecular formula is C24H30Cl2N2O2. The molecule has 0 aliphatic heterocycles. The zero-order valence-electron chi connectivity index (χ0n) is 17.9. The van der Waals surface area contributed by atoms with Crippen molar-refractivity contribution in [1.82, 2.24) is 10.2 Å². The third kappa shape index (κ3) is 7.03. The van der Waals surface area contributed by atoms with E-state index in [2.05, 4.69) is 5.32 Å². The van der Waals surface area contributed by atoms with Crippen molar-refractivity contribution < 1.29 is 9.59 Å². The van der Waals surface area contributed by atoms with E-state index in [4.69, 9.17) is 23.2 Å². The van der Waals surface area contributed by atoms with Gasteiger partial charge in [0.2, 0.25) is 11.8 Å². The summed E-state index contributed by atoms with van der Waals surface area (Å²) in [5.41, 5.74) is 3.05. The Kier molecular flexibility index (Phi) is 9.67. The Morgan fingerprint density at radius 1 is 1.07 bits per heavy atom. The summed E-state index contributed by atoms with van der Waals surface area (Å²) in [6.07, 6.45) is 2.31. The van der Waals surface area contributed by atoms with Gasteiger partial charge < -0.3 is 10.2 Å². The number of aryl methyl sites for hydroxylation is 2. The second-order valence-corrected chi connectivity index (χ2v) is 8.30. The van der Waals surface area contributed by atoms with E-state index in [1.165, 1.54) is 5.56 Å². The van der Waals surface area contributed by atoms with E-state index >= 15 is 0 Å². The van der Waals surface area contributed by atoms with Gasteiger partial charge in [0.25, 0.3) is 0 Å². The molecule has 2 rings (SSSR count). The molecule has 4 nitrogen and oxygen atoms in total. The molecule has 162 valence electrons. The first-order chi connectivity index (χ1) is 14.3. The molecular weight excluding hydrogens is 419 g/mol. The van der Waals surface area contributed by atoms with E-state index in [1.54, 1.807) is 17.0 Å². The lowest BCUT2D eigenvalue weighted by Gasteiger charge is -2.31. The van der Waals surface area contributed by atoms with Crippen LogP contribution in [-0.4, -0.2) is 29.3 Å². The number of benzene rings is 2. The second kappa shape index (κ2) is 12.0. The average Bonchev–Trinajstić information content (AvgIpc) is 2.73. The van der Waals surface area contributed by atoms with E-state index in [1.807, 2.05) is 51.1 Å². The number of carbonyl (C=O) groups is 2. The van der Waals surface area contributed by atoms with Gasteiger partial charge in [-0.25, -0.2) is 0 Å². The number of rotatable bonds is 10. The van der Waals surface area contributed by atoms with Crippen LogP contribution >= 0.6 is 23.2 Å². The van der Waals surface area contributed by atoms with Crippen molar-refractivity contribution in [3.63, 3.8) is 0 Å². The number of hydrogen-bond acceptors (Lipinski definition) is 2. The fourth-order valence-corrected chi connectivity index (χ4v) is 3.74. The zero-order chi connectivity index (χ0) is 22.1. The summed E-state index contributed by atoms with van der Waals surface area (Å²) >= 11 is 12.4. The topological polar surface area (TPSA) is 49.4 Å². The molecule has 6 heteroatoms. The fraction of sp³-hybridized carbons (Fsp3) is 0.417. The lowest BCUT2D eigenvalue weighted by atomic mass is 10.0. The molecule has 0 aliphatic carbocycles. The predicted octanol–water partition coefficient (Wildman–Crippen LogP) is 5.57. The molecule has 0 bridgehead atoms. The Morgan fingerprint density at radius 3 is 2.37 bits per heavy atom. The van der Waals surface area contributed by atoms with Gasteiger partial charge in [-0.3, -0.25) is 9.59 Å². The van der Waals surface area contributed by atoms with E-state index in [-0.39, 0.29) is 18.4 Å². The van der Waals surface area contributed by atoms with Crippen LogP contribution in [0.15, 0.2) is 42.5 Å². The minimum Gasteiger partial charge on any atom is -0.354 e. The standard InChI is InChI=1S/C24H30Cl2N2O2/c1-4-14-27-24(30)22(5-2)28(16-19-11-12-20(25)15-21(19)26)23(29)13-10-18-8-6-17(3)7-9-18/h6-9,11-12,15,22H,4-5,10,13-14,16H2,1-3H3,(H,27,30)/t22-/m0/s1. The van der Waals surface area contributed by atoms with Gasteiger partial charge in [-0.1, -0.05) is 72.9 Å². The van der Waals surface area contributed by atoms with Gasteiger partial charge >= 0.3 is 0 Å². The van der Waals surface area contributed by atoms with Gasteiger partial charge in [-0.05, 0) is 49.4 Å². The van der Waals surface area contributed by atoms with E-state index in [0.717, 1.165) is 17.5 Å². The van der Waals surface area contributed by atoms with Gasteiger partial charge in [-0.15, -0.1) is 0 Å². The largest absolute Gasteiger partial charge is 0.354 e.